The molecule has 1 aromatic rings. The first-order valence-corrected chi connectivity index (χ1v) is 9.49. The van der Waals surface area contributed by atoms with Crippen molar-refractivity contribution in [1.29, 1.82) is 0 Å². The van der Waals surface area contributed by atoms with Gasteiger partial charge in [0.25, 0.3) is 0 Å². The van der Waals surface area contributed by atoms with Crippen LogP contribution in [0.2, 0.25) is 12.1 Å². The highest BCUT2D eigenvalue weighted by Crippen LogP contribution is 2.12. The van der Waals surface area contributed by atoms with Gasteiger partial charge in [-0.25, -0.2) is 0 Å². The maximum absolute atomic E-state index is 6.06. The van der Waals surface area contributed by atoms with Crippen molar-refractivity contribution in [3.63, 3.8) is 0 Å². The minimum Gasteiger partial charge on any atom is -0.420 e. The third-order valence-corrected chi connectivity index (χ3v) is 6.81. The topological polar surface area (TPSA) is 9.23 Å². The van der Waals surface area contributed by atoms with Gasteiger partial charge in [-0.05, 0) is 36.4 Å². The quantitative estimate of drug-likeness (QED) is 0.474. The molecule has 0 spiro atoms. The van der Waals surface area contributed by atoms with Gasteiger partial charge in [0.1, 0.15) is 0 Å². The Labute approximate surface area is 106 Å². The summed E-state index contributed by atoms with van der Waals surface area (Å²) in [7, 11) is -0.841. The average Bonchev–Trinajstić information content (AvgIpc) is 2.78. The maximum atomic E-state index is 6.06. The van der Waals surface area contributed by atoms with E-state index in [1.165, 1.54) is 42.6 Å². The number of hydrogen-bond acceptors (Lipinski definition) is 2. The Morgan fingerprint density at radius 3 is 2.56 bits per heavy atom. The molecule has 0 aromatic carbocycles. The van der Waals surface area contributed by atoms with Crippen molar-refractivity contribution in [2.75, 3.05) is 6.61 Å². The highest BCUT2D eigenvalue weighted by atomic mass is 32.1. The molecule has 0 fully saturated rings. The third-order valence-electron chi connectivity index (χ3n) is 2.72. The van der Waals surface area contributed by atoms with Gasteiger partial charge in [0.15, 0.2) is 9.04 Å². The van der Waals surface area contributed by atoms with E-state index in [1.54, 1.807) is 0 Å². The number of rotatable bonds is 9. The molecule has 0 amide bonds. The zero-order chi connectivity index (χ0) is 11.6. The standard InChI is InChI=1S/C13H24OSSi/c1-3-11-16(12-4-2)14-9-5-7-13-8-6-10-15-13/h6,8,10,16H,3-5,7,9,11-12H2,1-2H3. The lowest BCUT2D eigenvalue weighted by atomic mass is 10.3. The van der Waals surface area contributed by atoms with Crippen LogP contribution in [0.3, 0.4) is 0 Å². The molecule has 0 aliphatic carbocycles. The molecule has 3 heteroatoms. The second kappa shape index (κ2) is 8.96. The van der Waals surface area contributed by atoms with Crippen LogP contribution in [0.5, 0.6) is 0 Å². The first-order valence-electron chi connectivity index (χ1n) is 6.50. The molecule has 0 atom stereocenters. The third kappa shape index (κ3) is 5.82. The highest BCUT2D eigenvalue weighted by molar-refractivity contribution is 7.09. The fraction of sp³-hybridized carbons (Fsp3) is 0.692. The van der Waals surface area contributed by atoms with Crippen LogP contribution in [-0.4, -0.2) is 15.6 Å². The van der Waals surface area contributed by atoms with Crippen molar-refractivity contribution in [2.24, 2.45) is 0 Å². The van der Waals surface area contributed by atoms with Crippen molar-refractivity contribution in [3.8, 4) is 0 Å². The van der Waals surface area contributed by atoms with E-state index in [4.69, 9.17) is 4.43 Å². The van der Waals surface area contributed by atoms with Gasteiger partial charge in [0, 0.05) is 11.5 Å². The molecule has 1 nitrogen and oxygen atoms in total. The largest absolute Gasteiger partial charge is 0.420 e. The lowest BCUT2D eigenvalue weighted by Gasteiger charge is -2.14. The molecule has 0 unspecified atom stereocenters. The van der Waals surface area contributed by atoms with Crippen LogP contribution in [0.25, 0.3) is 0 Å². The lowest BCUT2D eigenvalue weighted by Crippen LogP contribution is -2.18. The zero-order valence-corrected chi connectivity index (χ0v) is 12.5. The van der Waals surface area contributed by atoms with Gasteiger partial charge >= 0.3 is 0 Å². The molecule has 0 saturated heterocycles. The molecule has 0 saturated carbocycles. The summed E-state index contributed by atoms with van der Waals surface area (Å²) in [4.78, 5) is 1.49. The monoisotopic (exact) mass is 256 g/mol. The first-order chi connectivity index (χ1) is 7.86. The van der Waals surface area contributed by atoms with E-state index in [0.717, 1.165) is 6.61 Å². The molecule has 0 aliphatic rings. The number of hydrogen-bond donors (Lipinski definition) is 0. The Morgan fingerprint density at radius 2 is 2.00 bits per heavy atom. The van der Waals surface area contributed by atoms with Gasteiger partial charge < -0.3 is 4.43 Å². The molecule has 1 heterocycles. The van der Waals surface area contributed by atoms with E-state index in [-0.39, 0.29) is 0 Å². The van der Waals surface area contributed by atoms with Crippen molar-refractivity contribution in [3.05, 3.63) is 22.4 Å². The van der Waals surface area contributed by atoms with Crippen LogP contribution in [0.4, 0.5) is 0 Å². The Balaban J connectivity index is 2.08. The second-order valence-corrected chi connectivity index (χ2v) is 8.02. The van der Waals surface area contributed by atoms with Crippen LogP contribution in [-0.2, 0) is 10.8 Å². The smallest absolute Gasteiger partial charge is 0.176 e. The van der Waals surface area contributed by atoms with E-state index in [0.29, 0.717) is 0 Å². The van der Waals surface area contributed by atoms with Gasteiger partial charge in [-0.3, -0.25) is 0 Å². The highest BCUT2D eigenvalue weighted by Gasteiger charge is 2.08. The molecule has 1 aromatic heterocycles. The number of aryl methyl sites for hydroxylation is 1. The van der Waals surface area contributed by atoms with Crippen LogP contribution in [0.15, 0.2) is 17.5 Å². The fourth-order valence-electron chi connectivity index (χ4n) is 1.91. The van der Waals surface area contributed by atoms with Crippen molar-refractivity contribution in [2.45, 2.75) is 51.6 Å². The van der Waals surface area contributed by atoms with Crippen molar-refractivity contribution < 1.29 is 4.43 Å². The lowest BCUT2D eigenvalue weighted by molar-refractivity contribution is 0.310. The van der Waals surface area contributed by atoms with E-state index < -0.39 is 9.04 Å². The van der Waals surface area contributed by atoms with E-state index in [9.17, 15) is 0 Å². The summed E-state index contributed by atoms with van der Waals surface area (Å²) in [6.45, 7) is 5.52. The summed E-state index contributed by atoms with van der Waals surface area (Å²) >= 11 is 1.86. The molecule has 92 valence electrons. The minimum absolute atomic E-state index is 0.841. The predicted octanol–water partition coefficient (Wildman–Crippen LogP) is 4.24. The molecule has 0 bridgehead atoms. The van der Waals surface area contributed by atoms with Crippen molar-refractivity contribution >= 4 is 20.4 Å². The number of thiophene rings is 1. The van der Waals surface area contributed by atoms with Crippen molar-refractivity contribution in [1.82, 2.24) is 0 Å². The summed E-state index contributed by atoms with van der Waals surface area (Å²) in [6.07, 6.45) is 4.97. The van der Waals surface area contributed by atoms with Gasteiger partial charge in [-0.2, -0.15) is 0 Å². The summed E-state index contributed by atoms with van der Waals surface area (Å²) < 4.78 is 6.06. The predicted molar refractivity (Wildman–Crippen MR) is 75.9 cm³/mol. The summed E-state index contributed by atoms with van der Waals surface area (Å²) in [5.74, 6) is 0. The molecule has 0 N–H and O–H groups in total. The summed E-state index contributed by atoms with van der Waals surface area (Å²) in [5, 5.41) is 2.15. The molecular weight excluding hydrogens is 232 g/mol. The zero-order valence-electron chi connectivity index (χ0n) is 10.6. The Bertz CT molecular complexity index is 242. The molecule has 0 aliphatic heterocycles. The second-order valence-electron chi connectivity index (χ2n) is 4.25. The Morgan fingerprint density at radius 1 is 1.25 bits per heavy atom. The van der Waals surface area contributed by atoms with Gasteiger partial charge in [-0.1, -0.05) is 32.8 Å². The summed E-state index contributed by atoms with van der Waals surface area (Å²) in [6, 6.07) is 7.06. The maximum Gasteiger partial charge on any atom is 0.176 e. The van der Waals surface area contributed by atoms with Crippen LogP contribution in [0.1, 0.15) is 38.0 Å². The molecule has 1 rings (SSSR count). The SMILES string of the molecule is CCC[SiH](CCC)OCCCc1cccs1. The van der Waals surface area contributed by atoms with Crippen LogP contribution >= 0.6 is 11.3 Å². The molecule has 0 radical (unpaired) electrons. The van der Waals surface area contributed by atoms with Crippen LogP contribution in [0, 0.1) is 0 Å². The molecule has 16 heavy (non-hydrogen) atoms. The average molecular weight is 256 g/mol. The van der Waals surface area contributed by atoms with Gasteiger partial charge in [0.2, 0.25) is 0 Å². The summed E-state index contributed by atoms with van der Waals surface area (Å²) in [5.41, 5.74) is 0. The van der Waals surface area contributed by atoms with E-state index in [1.807, 2.05) is 11.3 Å². The van der Waals surface area contributed by atoms with Crippen LogP contribution < -0.4 is 0 Å². The van der Waals surface area contributed by atoms with Gasteiger partial charge in [0.05, 0.1) is 0 Å². The Hall–Kier alpha value is -0.123. The van der Waals surface area contributed by atoms with E-state index in [2.05, 4.69) is 31.4 Å². The fourth-order valence-corrected chi connectivity index (χ4v) is 5.07. The Kier molecular flexibility index (Phi) is 7.81. The molecular formula is C13H24OSSi. The normalized spacial score (nSPS) is 11.2. The van der Waals surface area contributed by atoms with E-state index >= 15 is 0 Å². The minimum atomic E-state index is -0.841. The van der Waals surface area contributed by atoms with Gasteiger partial charge in [-0.15, -0.1) is 11.3 Å². The first kappa shape index (κ1) is 13.9.